The quantitative estimate of drug-likeness (QED) is 0.0558. The minimum Gasteiger partial charge on any atom is -0.382 e. The van der Waals surface area contributed by atoms with Gasteiger partial charge < -0.3 is 50.4 Å². The molecule has 0 spiro atoms. The van der Waals surface area contributed by atoms with Crippen molar-refractivity contribution in [3.8, 4) is 0 Å². The topological polar surface area (TPSA) is 365 Å². The van der Waals surface area contributed by atoms with E-state index in [0.29, 0.717) is 69.7 Å². The van der Waals surface area contributed by atoms with Crippen LogP contribution >= 0.6 is 23.2 Å². The van der Waals surface area contributed by atoms with Crippen LogP contribution in [-0.2, 0) is 0 Å². The molecule has 0 aliphatic heterocycles. The maximum Gasteiger partial charge on any atom is 0.280 e. The largest absolute Gasteiger partial charge is 0.382 e. The van der Waals surface area contributed by atoms with Crippen molar-refractivity contribution in [1.29, 1.82) is 0 Å². The number of nitrogen functional groups attached to an aromatic ring is 4. The Bertz CT molecular complexity index is 1740. The summed E-state index contributed by atoms with van der Waals surface area (Å²) in [5.41, 5.74) is 33.9. The zero-order chi connectivity index (χ0) is 40.5. The van der Waals surface area contributed by atoms with Crippen molar-refractivity contribution in [3.63, 3.8) is 0 Å². The van der Waals surface area contributed by atoms with Gasteiger partial charge in [0.1, 0.15) is 0 Å². The van der Waals surface area contributed by atoms with Crippen molar-refractivity contribution in [3.05, 3.63) is 21.7 Å². The molecule has 2 amide bonds. The minimum atomic E-state index is -0.707. The Hall–Kier alpha value is -5.77. The molecule has 17 N–H and O–H groups in total. The smallest absolute Gasteiger partial charge is 0.280 e. The van der Waals surface area contributed by atoms with Gasteiger partial charge in [-0.1, -0.05) is 61.7 Å². The number of anilines is 7. The summed E-state index contributed by atoms with van der Waals surface area (Å²) in [6.45, 7) is 1.78. The molecule has 22 nitrogen and oxygen atoms in total. The lowest BCUT2D eigenvalue weighted by Gasteiger charge is -2.19. The average Bonchev–Trinajstić information content (AvgIpc) is 3.28. The molecule has 24 heteroatoms. The predicted molar refractivity (Wildman–Crippen MR) is 219 cm³/mol. The van der Waals surface area contributed by atoms with Crippen LogP contribution in [0.1, 0.15) is 98.0 Å². The highest BCUT2D eigenvalue weighted by Crippen LogP contribution is 2.21. The first-order valence-electron chi connectivity index (χ1n) is 18.3. The van der Waals surface area contributed by atoms with Gasteiger partial charge in [0, 0.05) is 32.2 Å². The number of unbranched alkanes of at least 4 members (excludes halogenated alkanes) is 2. The van der Waals surface area contributed by atoms with E-state index in [2.05, 4.69) is 71.5 Å². The number of aromatic nitrogens is 7. The van der Waals surface area contributed by atoms with Crippen molar-refractivity contribution in [2.45, 2.75) is 83.1 Å². The second-order valence-electron chi connectivity index (χ2n) is 12.8. The van der Waals surface area contributed by atoms with Gasteiger partial charge in [-0.25, -0.2) is 19.9 Å². The Kier molecular flexibility index (Phi) is 16.8. The molecule has 304 valence electrons. The van der Waals surface area contributed by atoms with Crippen molar-refractivity contribution >= 4 is 88.1 Å². The summed E-state index contributed by atoms with van der Waals surface area (Å²) in [6, 6.07) is 0.268. The lowest BCUT2D eigenvalue weighted by molar-refractivity contribution is 0.0964. The van der Waals surface area contributed by atoms with E-state index in [-0.39, 0.29) is 62.9 Å². The summed E-state index contributed by atoms with van der Waals surface area (Å²) >= 11 is 11.7. The van der Waals surface area contributed by atoms with E-state index in [0.717, 1.165) is 25.7 Å². The van der Waals surface area contributed by atoms with Gasteiger partial charge in [-0.15, -0.1) is 0 Å². The molecule has 0 unspecified atom stereocenters. The molecular weight excluding hydrogens is 767 g/mol. The summed E-state index contributed by atoms with van der Waals surface area (Å²) in [6.07, 6.45) is 12.1. The van der Waals surface area contributed by atoms with E-state index in [1.165, 1.54) is 25.7 Å². The molecule has 56 heavy (non-hydrogen) atoms. The summed E-state index contributed by atoms with van der Waals surface area (Å²) < 4.78 is 0. The first kappa shape index (κ1) is 43.0. The molecular formula is C32H50Cl2N20O2. The number of amides is 2. The van der Waals surface area contributed by atoms with E-state index in [1.54, 1.807) is 0 Å². The molecule has 0 bridgehead atoms. The molecule has 1 fully saturated rings. The van der Waals surface area contributed by atoms with Crippen LogP contribution in [0.25, 0.3) is 0 Å². The molecule has 3 heterocycles. The highest BCUT2D eigenvalue weighted by atomic mass is 35.5. The van der Waals surface area contributed by atoms with Gasteiger partial charge >= 0.3 is 0 Å². The molecule has 4 rings (SSSR count). The summed E-state index contributed by atoms with van der Waals surface area (Å²) in [5, 5.41) is 14.6. The number of guanidine groups is 2. The van der Waals surface area contributed by atoms with Gasteiger partial charge in [-0.2, -0.15) is 15.0 Å². The average molecular weight is 818 g/mol. The SMILES string of the molecule is NC(=NCCCCNc1nc(NCCCCN=C(N)NC(=O)c2nc(Cl)c(N)nc2N)nc(NC2CCCCCCCC2)n1)NC(=O)c1nc(Cl)c(N)nc1N. The Morgan fingerprint density at radius 3 is 1.43 bits per heavy atom. The van der Waals surface area contributed by atoms with Gasteiger partial charge in [-0.3, -0.25) is 30.2 Å². The lowest BCUT2D eigenvalue weighted by atomic mass is 10.1. The minimum absolute atomic E-state index is 0.0872. The lowest BCUT2D eigenvalue weighted by Crippen LogP contribution is -2.38. The first-order valence-corrected chi connectivity index (χ1v) is 19.0. The fourth-order valence-electron chi connectivity index (χ4n) is 5.48. The van der Waals surface area contributed by atoms with Gasteiger partial charge in [0.15, 0.2) is 56.9 Å². The highest BCUT2D eigenvalue weighted by Gasteiger charge is 2.18. The Morgan fingerprint density at radius 2 is 0.982 bits per heavy atom. The van der Waals surface area contributed by atoms with E-state index >= 15 is 0 Å². The second-order valence-corrected chi connectivity index (χ2v) is 13.5. The molecule has 0 aromatic carbocycles. The van der Waals surface area contributed by atoms with Crippen molar-refractivity contribution in [1.82, 2.24) is 45.5 Å². The summed E-state index contributed by atoms with van der Waals surface area (Å²) in [7, 11) is 0. The molecule has 0 saturated heterocycles. The standard InChI is InChI=1S/C32H50Cl2N20O2/c33-20-24(37)48-22(35)18(46-20)26(55)50-28(39)41-13-7-9-15-43-30-52-31(54-32(53-30)45-17-11-5-3-1-2-4-6-12-17)44-16-10-8-14-42-29(40)51-27(56)19-23(36)49-25(38)21(34)47-19/h17H,1-16H2,(H4,35,37,48)(H4,36,38,49)(H3,39,41,50,55)(H3,40,42,51,56)(H3,43,44,45,52,53,54). The Labute approximate surface area is 333 Å². The molecule has 3 aromatic rings. The highest BCUT2D eigenvalue weighted by molar-refractivity contribution is 6.32. The number of carbonyl (C=O) groups is 2. The molecule has 0 atom stereocenters. The van der Waals surface area contributed by atoms with E-state index in [1.807, 2.05) is 0 Å². The summed E-state index contributed by atoms with van der Waals surface area (Å²) in [4.78, 5) is 62.5. The number of nitrogens with two attached hydrogens (primary N) is 6. The van der Waals surface area contributed by atoms with E-state index in [9.17, 15) is 9.59 Å². The van der Waals surface area contributed by atoms with Crippen LogP contribution in [0.5, 0.6) is 0 Å². The maximum absolute atomic E-state index is 12.5. The normalized spacial score (nSPS) is 14.2. The van der Waals surface area contributed by atoms with Crippen molar-refractivity contribution in [2.24, 2.45) is 21.5 Å². The van der Waals surface area contributed by atoms with Crippen molar-refractivity contribution < 1.29 is 9.59 Å². The fourth-order valence-corrected chi connectivity index (χ4v) is 5.73. The number of hydrogen-bond acceptors (Lipinski definition) is 18. The van der Waals surface area contributed by atoms with Crippen LogP contribution in [0.15, 0.2) is 9.98 Å². The molecule has 1 aliphatic carbocycles. The third kappa shape index (κ3) is 14.1. The van der Waals surface area contributed by atoms with Crippen LogP contribution in [0.2, 0.25) is 10.3 Å². The number of nitrogens with one attached hydrogen (secondary N) is 5. The molecule has 0 radical (unpaired) electrons. The van der Waals surface area contributed by atoms with Gasteiger partial charge in [0.25, 0.3) is 11.8 Å². The Balaban J connectivity index is 1.26. The Morgan fingerprint density at radius 1 is 0.571 bits per heavy atom. The molecule has 3 aromatic heterocycles. The number of hydrogen-bond donors (Lipinski definition) is 11. The number of halogens is 2. The monoisotopic (exact) mass is 816 g/mol. The van der Waals surface area contributed by atoms with E-state index < -0.39 is 11.8 Å². The number of aliphatic imine (C=N–C) groups is 2. The van der Waals surface area contributed by atoms with Crippen molar-refractivity contribution in [2.75, 3.05) is 65.1 Å². The number of nitrogens with zero attached hydrogens (tertiary/aromatic N) is 9. The number of carbonyl (C=O) groups excluding carboxylic acids is 2. The van der Waals surface area contributed by atoms with Gasteiger partial charge in [0.05, 0.1) is 0 Å². The van der Waals surface area contributed by atoms with Crippen LogP contribution in [0.3, 0.4) is 0 Å². The van der Waals surface area contributed by atoms with Gasteiger partial charge in [0.2, 0.25) is 17.8 Å². The number of rotatable bonds is 16. The van der Waals surface area contributed by atoms with Crippen LogP contribution in [-0.4, -0.2) is 90.8 Å². The predicted octanol–water partition coefficient (Wildman–Crippen LogP) is 1.88. The zero-order valence-corrected chi connectivity index (χ0v) is 32.5. The molecule has 1 saturated carbocycles. The third-order valence-corrected chi connectivity index (χ3v) is 8.90. The fraction of sp³-hybridized carbons (Fsp3) is 0.531. The maximum atomic E-state index is 12.5. The first-order chi connectivity index (χ1) is 26.9. The zero-order valence-electron chi connectivity index (χ0n) is 31.0. The van der Waals surface area contributed by atoms with Gasteiger partial charge in [-0.05, 0) is 38.5 Å². The van der Waals surface area contributed by atoms with E-state index in [4.69, 9.17) is 57.6 Å². The second kappa shape index (κ2) is 21.9. The summed E-state index contributed by atoms with van der Waals surface area (Å²) in [5.74, 6) is -0.816. The third-order valence-electron chi connectivity index (χ3n) is 8.35. The van der Waals surface area contributed by atoms with Crippen LogP contribution in [0, 0.1) is 0 Å². The van der Waals surface area contributed by atoms with Crippen LogP contribution in [0.4, 0.5) is 41.1 Å². The molecule has 1 aliphatic rings. The van der Waals surface area contributed by atoms with Crippen LogP contribution < -0.4 is 61.0 Å².